The Morgan fingerprint density at radius 2 is 2.09 bits per heavy atom. The Morgan fingerprint density at radius 3 is 2.75 bits per heavy atom. The number of amides is 2. The van der Waals surface area contributed by atoms with Gasteiger partial charge >= 0.3 is 5.97 Å². The Balaban J connectivity index is 1.77. The zero-order chi connectivity index (χ0) is 23.0. The molecule has 1 aromatic rings. The molecule has 4 rings (SSSR count). The van der Waals surface area contributed by atoms with E-state index in [0.29, 0.717) is 36.4 Å². The summed E-state index contributed by atoms with van der Waals surface area (Å²) < 4.78 is 6.19. The molecule has 1 aromatic carbocycles. The van der Waals surface area contributed by atoms with Crippen molar-refractivity contribution in [3.63, 3.8) is 0 Å². The number of aliphatic hydroxyl groups excluding tert-OH is 1. The zero-order valence-corrected chi connectivity index (χ0v) is 18.4. The van der Waals surface area contributed by atoms with Crippen molar-refractivity contribution >= 4 is 35.1 Å². The van der Waals surface area contributed by atoms with Crippen LogP contribution in [0.1, 0.15) is 25.7 Å². The highest BCUT2D eigenvalue weighted by Gasteiger charge is 2.74. The first-order chi connectivity index (χ1) is 15.4. The van der Waals surface area contributed by atoms with Crippen LogP contribution in [0.3, 0.4) is 0 Å². The lowest BCUT2D eigenvalue weighted by Gasteiger charge is -2.37. The van der Waals surface area contributed by atoms with E-state index in [4.69, 9.17) is 16.3 Å². The van der Waals surface area contributed by atoms with E-state index < -0.39 is 35.6 Å². The van der Waals surface area contributed by atoms with Gasteiger partial charge in [-0.1, -0.05) is 29.8 Å². The Bertz CT molecular complexity index is 939. The standard InChI is InChI=1S/C23H27ClN2O6/c1-2-11-25(15-8-4-3-7-14(15)24)21(29)19-23-10-9-16(32-23)17(22(30)31)18(23)20(28)26(19)12-5-6-13-27/h2-4,7-8,16-19,27H,1,5-6,9-13H2,(H,30,31)/t16-,17+,18+,19-,23+/m0/s1. The summed E-state index contributed by atoms with van der Waals surface area (Å²) in [5.74, 6) is -3.69. The molecule has 3 aliphatic heterocycles. The molecule has 9 heteroatoms. The smallest absolute Gasteiger partial charge is 0.310 e. The number of benzene rings is 1. The number of carbonyl (C=O) groups is 3. The van der Waals surface area contributed by atoms with E-state index in [1.165, 1.54) is 9.80 Å². The highest BCUT2D eigenvalue weighted by molar-refractivity contribution is 6.34. The van der Waals surface area contributed by atoms with Crippen LogP contribution >= 0.6 is 11.6 Å². The fourth-order valence-electron chi connectivity index (χ4n) is 5.60. The van der Waals surface area contributed by atoms with E-state index in [1.807, 2.05) is 0 Å². The maximum absolute atomic E-state index is 14.0. The summed E-state index contributed by atoms with van der Waals surface area (Å²) in [6.45, 7) is 4.12. The topological polar surface area (TPSA) is 107 Å². The molecular formula is C23H27ClN2O6. The maximum Gasteiger partial charge on any atom is 0.310 e. The van der Waals surface area contributed by atoms with Crippen LogP contribution in [-0.2, 0) is 19.1 Å². The average molecular weight is 463 g/mol. The molecule has 3 fully saturated rings. The second-order valence-corrected chi connectivity index (χ2v) is 8.95. The van der Waals surface area contributed by atoms with E-state index in [0.717, 1.165) is 0 Å². The summed E-state index contributed by atoms with van der Waals surface area (Å²) in [6.07, 6.45) is 2.89. The number of aliphatic hydroxyl groups is 1. The normalized spacial score (nSPS) is 30.4. The minimum Gasteiger partial charge on any atom is -0.481 e. The second kappa shape index (κ2) is 8.84. The molecule has 32 heavy (non-hydrogen) atoms. The number of rotatable bonds is 9. The van der Waals surface area contributed by atoms with Gasteiger partial charge in [-0.05, 0) is 37.8 Å². The van der Waals surface area contributed by atoms with Gasteiger partial charge in [0.15, 0.2) is 0 Å². The van der Waals surface area contributed by atoms with Gasteiger partial charge in [0.25, 0.3) is 5.91 Å². The van der Waals surface area contributed by atoms with Crippen LogP contribution in [0.2, 0.25) is 5.02 Å². The van der Waals surface area contributed by atoms with Crippen LogP contribution in [-0.4, -0.2) is 70.3 Å². The highest BCUT2D eigenvalue weighted by Crippen LogP contribution is 2.58. The van der Waals surface area contributed by atoms with Gasteiger partial charge in [0, 0.05) is 19.7 Å². The predicted octanol–water partition coefficient (Wildman–Crippen LogP) is 2.09. The van der Waals surface area contributed by atoms with Crippen LogP contribution in [0.5, 0.6) is 0 Å². The number of carboxylic acids is 1. The quantitative estimate of drug-likeness (QED) is 0.430. The fourth-order valence-corrected chi connectivity index (χ4v) is 5.84. The molecule has 2 N–H and O–H groups in total. The van der Waals surface area contributed by atoms with Crippen molar-refractivity contribution in [2.45, 2.75) is 43.4 Å². The molecule has 172 valence electrons. The third kappa shape index (κ3) is 3.41. The summed E-state index contributed by atoms with van der Waals surface area (Å²) >= 11 is 6.38. The SMILES string of the molecule is C=CCN(C(=O)[C@@H]1N(CCCCO)C(=O)[C@H]2[C@H](C(=O)O)[C@@H]3CC[C@]12O3)c1ccccc1Cl. The molecule has 0 radical (unpaired) electrons. The summed E-state index contributed by atoms with van der Waals surface area (Å²) in [5.41, 5.74) is -0.689. The van der Waals surface area contributed by atoms with E-state index in [2.05, 4.69) is 6.58 Å². The van der Waals surface area contributed by atoms with E-state index >= 15 is 0 Å². The van der Waals surface area contributed by atoms with Crippen molar-refractivity contribution in [3.05, 3.63) is 41.9 Å². The van der Waals surface area contributed by atoms with Crippen molar-refractivity contribution in [1.29, 1.82) is 0 Å². The Labute approximate surface area is 191 Å². The molecule has 2 amide bonds. The van der Waals surface area contributed by atoms with Gasteiger partial charge in [-0.2, -0.15) is 0 Å². The Morgan fingerprint density at radius 1 is 1.34 bits per heavy atom. The largest absolute Gasteiger partial charge is 0.481 e. The summed E-state index contributed by atoms with van der Waals surface area (Å²) in [4.78, 5) is 42.5. The number of halogens is 1. The number of ether oxygens (including phenoxy) is 1. The predicted molar refractivity (Wildman–Crippen MR) is 117 cm³/mol. The number of likely N-dealkylation sites (tertiary alicyclic amines) is 1. The molecule has 3 heterocycles. The van der Waals surface area contributed by atoms with Crippen LogP contribution in [0, 0.1) is 11.8 Å². The first kappa shape index (κ1) is 22.8. The Hall–Kier alpha value is -2.42. The van der Waals surface area contributed by atoms with Crippen molar-refractivity contribution in [3.8, 4) is 0 Å². The van der Waals surface area contributed by atoms with Gasteiger partial charge in [-0.3, -0.25) is 14.4 Å². The lowest BCUT2D eigenvalue weighted by atomic mass is 9.70. The van der Waals surface area contributed by atoms with Crippen molar-refractivity contribution in [2.75, 3.05) is 24.6 Å². The van der Waals surface area contributed by atoms with Crippen LogP contribution in [0.15, 0.2) is 36.9 Å². The molecule has 0 aliphatic carbocycles. The summed E-state index contributed by atoms with van der Waals surface area (Å²) in [6, 6.07) is 5.96. The number of hydrogen-bond acceptors (Lipinski definition) is 5. The van der Waals surface area contributed by atoms with Gasteiger partial charge in [-0.25, -0.2) is 0 Å². The molecule has 3 aliphatic rings. The average Bonchev–Trinajstić information content (AvgIpc) is 3.40. The molecule has 5 atom stereocenters. The number of nitrogens with zero attached hydrogens (tertiary/aromatic N) is 2. The molecule has 0 aromatic heterocycles. The summed E-state index contributed by atoms with van der Waals surface area (Å²) in [7, 11) is 0. The van der Waals surface area contributed by atoms with Gasteiger partial charge < -0.3 is 24.7 Å². The molecule has 3 saturated heterocycles. The first-order valence-electron chi connectivity index (χ1n) is 10.9. The first-order valence-corrected chi connectivity index (χ1v) is 11.2. The number of anilines is 1. The van der Waals surface area contributed by atoms with E-state index in [9.17, 15) is 24.6 Å². The summed E-state index contributed by atoms with van der Waals surface area (Å²) in [5, 5.41) is 19.4. The number of aliphatic carboxylic acids is 1. The third-order valence-electron chi connectivity index (χ3n) is 6.85. The van der Waals surface area contributed by atoms with Crippen molar-refractivity contribution in [2.24, 2.45) is 11.8 Å². The second-order valence-electron chi connectivity index (χ2n) is 8.55. The van der Waals surface area contributed by atoms with Gasteiger partial charge in [0.2, 0.25) is 5.91 Å². The molecule has 0 saturated carbocycles. The van der Waals surface area contributed by atoms with Crippen LogP contribution in [0.4, 0.5) is 5.69 Å². The fraction of sp³-hybridized carbons (Fsp3) is 0.522. The minimum atomic E-state index is -1.18. The van der Waals surface area contributed by atoms with E-state index in [1.54, 1.807) is 30.3 Å². The number of unbranched alkanes of at least 4 members (excludes halogenated alkanes) is 1. The molecular weight excluding hydrogens is 436 g/mol. The lowest BCUT2D eigenvalue weighted by molar-refractivity contribution is -0.149. The van der Waals surface area contributed by atoms with Crippen LogP contribution < -0.4 is 4.90 Å². The third-order valence-corrected chi connectivity index (χ3v) is 7.17. The molecule has 0 unspecified atom stereocenters. The number of carbonyl (C=O) groups excluding carboxylic acids is 2. The van der Waals surface area contributed by atoms with Gasteiger partial charge in [-0.15, -0.1) is 6.58 Å². The Kier molecular flexibility index (Phi) is 6.29. The number of para-hydroxylation sites is 1. The molecule has 1 spiro atoms. The lowest BCUT2D eigenvalue weighted by Crippen LogP contribution is -2.56. The van der Waals surface area contributed by atoms with Crippen molar-refractivity contribution < 1.29 is 29.3 Å². The number of fused-ring (bicyclic) bond motifs is 1. The zero-order valence-electron chi connectivity index (χ0n) is 17.7. The minimum absolute atomic E-state index is 0.0340. The molecule has 2 bridgehead atoms. The maximum atomic E-state index is 14.0. The van der Waals surface area contributed by atoms with E-state index in [-0.39, 0.29) is 31.5 Å². The van der Waals surface area contributed by atoms with Crippen LogP contribution in [0.25, 0.3) is 0 Å². The highest BCUT2D eigenvalue weighted by atomic mass is 35.5. The number of carboxylic acid groups (broad SMARTS) is 1. The van der Waals surface area contributed by atoms with Gasteiger partial charge in [0.1, 0.15) is 11.6 Å². The van der Waals surface area contributed by atoms with Gasteiger partial charge in [0.05, 0.1) is 28.6 Å². The van der Waals surface area contributed by atoms with Crippen molar-refractivity contribution in [1.82, 2.24) is 4.90 Å². The molecule has 8 nitrogen and oxygen atoms in total. The monoisotopic (exact) mass is 462 g/mol. The number of hydrogen-bond donors (Lipinski definition) is 2.